The summed E-state index contributed by atoms with van der Waals surface area (Å²) in [6.45, 7) is 1.84. The molecule has 0 saturated heterocycles. The smallest absolute Gasteiger partial charge is 0.304 e. The molecule has 0 amide bonds. The van der Waals surface area contributed by atoms with Gasteiger partial charge in [0.1, 0.15) is 5.01 Å². The number of nitrogens with zero attached hydrogens (tertiary/aromatic N) is 1. The van der Waals surface area contributed by atoms with Crippen LogP contribution in [0.5, 0.6) is 0 Å². The Labute approximate surface area is 104 Å². The van der Waals surface area contributed by atoms with Crippen molar-refractivity contribution in [2.45, 2.75) is 25.8 Å². The number of carbonyl (C=O) groups is 1. The Morgan fingerprint density at radius 3 is 2.82 bits per heavy atom. The Hall–Kier alpha value is -0.990. The first-order valence-electron chi connectivity index (χ1n) is 5.06. The van der Waals surface area contributed by atoms with Gasteiger partial charge in [0.15, 0.2) is 0 Å². The van der Waals surface area contributed by atoms with Crippen LogP contribution in [0.4, 0.5) is 0 Å². The summed E-state index contributed by atoms with van der Waals surface area (Å²) >= 11 is 1.37. The van der Waals surface area contributed by atoms with Crippen LogP contribution in [-0.2, 0) is 14.8 Å². The van der Waals surface area contributed by atoms with Gasteiger partial charge in [0.2, 0.25) is 10.0 Å². The molecule has 0 aliphatic carbocycles. The lowest BCUT2D eigenvalue weighted by Crippen LogP contribution is -2.31. The van der Waals surface area contributed by atoms with Crippen LogP contribution in [0.15, 0.2) is 11.6 Å². The fourth-order valence-electron chi connectivity index (χ4n) is 1.21. The van der Waals surface area contributed by atoms with E-state index in [1.54, 1.807) is 11.6 Å². The minimum Gasteiger partial charge on any atom is -0.481 e. The average molecular weight is 278 g/mol. The van der Waals surface area contributed by atoms with E-state index in [4.69, 9.17) is 5.11 Å². The molecule has 0 spiro atoms. The zero-order valence-electron chi connectivity index (χ0n) is 9.29. The fraction of sp³-hybridized carbons (Fsp3) is 0.556. The molecule has 0 saturated carbocycles. The predicted molar refractivity (Wildman–Crippen MR) is 64.3 cm³/mol. The third-order valence-corrected chi connectivity index (χ3v) is 4.34. The van der Waals surface area contributed by atoms with Crippen molar-refractivity contribution in [3.05, 3.63) is 16.6 Å². The molecular formula is C9H14N2O4S2. The number of hydrogen-bond acceptors (Lipinski definition) is 5. The third kappa shape index (κ3) is 4.80. The van der Waals surface area contributed by atoms with Gasteiger partial charge in [-0.2, -0.15) is 0 Å². The SMILES string of the molecule is CCC(NS(=O)(=O)CCC(=O)O)c1nccs1. The van der Waals surface area contributed by atoms with E-state index < -0.39 is 28.2 Å². The van der Waals surface area contributed by atoms with Crippen LogP contribution >= 0.6 is 11.3 Å². The maximum absolute atomic E-state index is 11.6. The Morgan fingerprint density at radius 2 is 2.35 bits per heavy atom. The molecule has 0 aromatic carbocycles. The van der Waals surface area contributed by atoms with E-state index >= 15 is 0 Å². The topological polar surface area (TPSA) is 96.4 Å². The molecule has 1 rings (SSSR count). The molecule has 1 aromatic heterocycles. The molecule has 96 valence electrons. The number of aliphatic carboxylic acids is 1. The summed E-state index contributed by atoms with van der Waals surface area (Å²) < 4.78 is 25.7. The lowest BCUT2D eigenvalue weighted by molar-refractivity contribution is -0.136. The monoisotopic (exact) mass is 278 g/mol. The Kier molecular flexibility index (Phi) is 5.03. The number of aromatic nitrogens is 1. The second-order valence-electron chi connectivity index (χ2n) is 3.41. The third-order valence-electron chi connectivity index (χ3n) is 2.06. The highest BCUT2D eigenvalue weighted by atomic mass is 32.2. The molecule has 1 heterocycles. The van der Waals surface area contributed by atoms with E-state index in [9.17, 15) is 13.2 Å². The van der Waals surface area contributed by atoms with Crippen LogP contribution in [0.3, 0.4) is 0 Å². The number of rotatable bonds is 7. The minimum absolute atomic E-state index is 0.381. The van der Waals surface area contributed by atoms with Gasteiger partial charge in [-0.3, -0.25) is 4.79 Å². The number of sulfonamides is 1. The number of hydrogen-bond donors (Lipinski definition) is 2. The summed E-state index contributed by atoms with van der Waals surface area (Å²) in [6, 6.07) is -0.381. The van der Waals surface area contributed by atoms with Gasteiger partial charge < -0.3 is 5.11 Å². The highest BCUT2D eigenvalue weighted by Crippen LogP contribution is 2.19. The van der Waals surface area contributed by atoms with Crippen molar-refractivity contribution in [2.75, 3.05) is 5.75 Å². The number of nitrogens with one attached hydrogen (secondary N) is 1. The summed E-state index contributed by atoms with van der Waals surface area (Å²) in [6.07, 6.45) is 1.78. The van der Waals surface area contributed by atoms with Gasteiger partial charge in [-0.1, -0.05) is 6.92 Å². The van der Waals surface area contributed by atoms with Crippen molar-refractivity contribution in [1.29, 1.82) is 0 Å². The van der Waals surface area contributed by atoms with Crippen molar-refractivity contribution in [3.8, 4) is 0 Å². The van der Waals surface area contributed by atoms with Crippen molar-refractivity contribution in [1.82, 2.24) is 9.71 Å². The van der Waals surface area contributed by atoms with Gasteiger partial charge in [0.25, 0.3) is 0 Å². The lowest BCUT2D eigenvalue weighted by Gasteiger charge is -2.14. The summed E-state index contributed by atoms with van der Waals surface area (Å²) in [5.74, 6) is -1.54. The maximum atomic E-state index is 11.6. The number of carboxylic acid groups (broad SMARTS) is 1. The molecule has 0 aliphatic rings. The van der Waals surface area contributed by atoms with Gasteiger partial charge in [0, 0.05) is 11.6 Å². The summed E-state index contributed by atoms with van der Waals surface area (Å²) in [7, 11) is -3.58. The van der Waals surface area contributed by atoms with E-state index in [0.717, 1.165) is 0 Å². The fourth-order valence-corrected chi connectivity index (χ4v) is 3.33. The summed E-state index contributed by atoms with van der Waals surface area (Å²) in [5.41, 5.74) is 0. The van der Waals surface area contributed by atoms with Gasteiger partial charge in [-0.15, -0.1) is 11.3 Å². The molecule has 1 unspecified atom stereocenters. The van der Waals surface area contributed by atoms with Crippen LogP contribution in [0.25, 0.3) is 0 Å². The number of thiazole rings is 1. The molecule has 1 aromatic rings. The minimum atomic E-state index is -3.58. The van der Waals surface area contributed by atoms with Crippen molar-refractivity contribution in [2.24, 2.45) is 0 Å². The highest BCUT2D eigenvalue weighted by Gasteiger charge is 2.20. The zero-order chi connectivity index (χ0) is 12.9. The molecule has 0 fully saturated rings. The summed E-state index contributed by atoms with van der Waals surface area (Å²) in [5, 5.41) is 10.9. The lowest BCUT2D eigenvalue weighted by atomic mass is 10.3. The van der Waals surface area contributed by atoms with E-state index in [2.05, 4.69) is 9.71 Å². The normalized spacial score (nSPS) is 13.5. The van der Waals surface area contributed by atoms with E-state index in [-0.39, 0.29) is 6.04 Å². The molecule has 0 aliphatic heterocycles. The average Bonchev–Trinajstić information content (AvgIpc) is 2.77. The second kappa shape index (κ2) is 6.08. The Balaban J connectivity index is 2.65. The highest BCUT2D eigenvalue weighted by molar-refractivity contribution is 7.89. The van der Waals surface area contributed by atoms with Crippen LogP contribution in [0.2, 0.25) is 0 Å². The molecule has 17 heavy (non-hydrogen) atoms. The van der Waals surface area contributed by atoms with Crippen LogP contribution in [-0.4, -0.2) is 30.2 Å². The first-order valence-corrected chi connectivity index (χ1v) is 7.59. The van der Waals surface area contributed by atoms with Gasteiger partial charge in [-0.05, 0) is 6.42 Å². The van der Waals surface area contributed by atoms with E-state index in [1.807, 2.05) is 6.92 Å². The quantitative estimate of drug-likeness (QED) is 0.775. The van der Waals surface area contributed by atoms with Crippen molar-refractivity contribution >= 4 is 27.3 Å². The summed E-state index contributed by atoms with van der Waals surface area (Å²) in [4.78, 5) is 14.4. The molecule has 0 bridgehead atoms. The molecular weight excluding hydrogens is 264 g/mol. The maximum Gasteiger partial charge on any atom is 0.304 e. The second-order valence-corrected chi connectivity index (χ2v) is 6.21. The van der Waals surface area contributed by atoms with Gasteiger partial charge >= 0.3 is 5.97 Å². The largest absolute Gasteiger partial charge is 0.481 e. The first-order chi connectivity index (χ1) is 7.94. The first kappa shape index (κ1) is 14.1. The number of carboxylic acids is 1. The van der Waals surface area contributed by atoms with Crippen LogP contribution in [0, 0.1) is 0 Å². The van der Waals surface area contributed by atoms with Gasteiger partial charge in [0.05, 0.1) is 18.2 Å². The van der Waals surface area contributed by atoms with Gasteiger partial charge in [-0.25, -0.2) is 18.1 Å². The van der Waals surface area contributed by atoms with Crippen LogP contribution < -0.4 is 4.72 Å². The Morgan fingerprint density at radius 1 is 1.65 bits per heavy atom. The van der Waals surface area contributed by atoms with Crippen molar-refractivity contribution in [3.63, 3.8) is 0 Å². The zero-order valence-corrected chi connectivity index (χ0v) is 10.9. The van der Waals surface area contributed by atoms with Crippen molar-refractivity contribution < 1.29 is 18.3 Å². The van der Waals surface area contributed by atoms with E-state index in [1.165, 1.54) is 11.3 Å². The Bertz CT molecular complexity index is 455. The standard InChI is InChI=1S/C9H14N2O4S2/c1-2-7(9-10-4-5-16-9)11-17(14,15)6-3-8(12)13/h4-5,7,11H,2-3,6H2,1H3,(H,12,13). The van der Waals surface area contributed by atoms with E-state index in [0.29, 0.717) is 11.4 Å². The molecule has 2 N–H and O–H groups in total. The molecule has 1 atom stereocenters. The molecule has 8 heteroatoms. The van der Waals surface area contributed by atoms with Crippen LogP contribution in [0.1, 0.15) is 30.8 Å². The molecule has 0 radical (unpaired) electrons. The molecule has 6 nitrogen and oxygen atoms in total. The predicted octanol–water partition coefficient (Wildman–Crippen LogP) is 0.988.